The van der Waals surface area contributed by atoms with Gasteiger partial charge in [-0.05, 0) is 29.8 Å². The Morgan fingerprint density at radius 2 is 1.80 bits per heavy atom. The molecule has 0 spiro atoms. The van der Waals surface area contributed by atoms with Gasteiger partial charge in [0.25, 0.3) is 0 Å². The van der Waals surface area contributed by atoms with Crippen molar-refractivity contribution in [3.05, 3.63) is 65.5 Å². The quantitative estimate of drug-likeness (QED) is 0.744. The van der Waals surface area contributed by atoms with E-state index < -0.39 is 17.8 Å². The normalized spacial score (nSPS) is 17.6. The maximum atomic E-state index is 13.1. The van der Waals surface area contributed by atoms with E-state index in [-0.39, 0.29) is 16.9 Å². The maximum absolute atomic E-state index is 13.1. The Labute approximate surface area is 146 Å². The molecule has 0 aliphatic carbocycles. The first-order chi connectivity index (χ1) is 11.9. The summed E-state index contributed by atoms with van der Waals surface area (Å²) in [4.78, 5) is 14.0. The van der Waals surface area contributed by atoms with Crippen molar-refractivity contribution in [3.63, 3.8) is 0 Å². The summed E-state index contributed by atoms with van der Waals surface area (Å²) in [6, 6.07) is 9.96. The van der Waals surface area contributed by atoms with Gasteiger partial charge in [0, 0.05) is 12.3 Å². The van der Waals surface area contributed by atoms with E-state index in [0.717, 1.165) is 11.6 Å². The summed E-state index contributed by atoms with van der Waals surface area (Å²) in [5.41, 5.74) is -0.452. The van der Waals surface area contributed by atoms with E-state index in [1.165, 1.54) is 47.0 Å². The number of amides is 2. The number of hydrogen-bond acceptors (Lipinski definition) is 2. The second-order valence-corrected chi connectivity index (χ2v) is 6.63. The number of alkyl halides is 3. The van der Waals surface area contributed by atoms with Crippen LogP contribution in [-0.4, -0.2) is 23.2 Å². The summed E-state index contributed by atoms with van der Waals surface area (Å²) in [5.74, 6) is 0.262. The van der Waals surface area contributed by atoms with Gasteiger partial charge in [-0.2, -0.15) is 13.2 Å². The zero-order valence-electron chi connectivity index (χ0n) is 12.9. The number of carbonyl (C=O) groups excluding carboxylic acids is 1. The van der Waals surface area contributed by atoms with Crippen LogP contribution in [0.2, 0.25) is 0 Å². The van der Waals surface area contributed by atoms with E-state index >= 15 is 0 Å². The predicted molar refractivity (Wildman–Crippen MR) is 88.8 cm³/mol. The average Bonchev–Trinajstić information content (AvgIpc) is 3.05. The molecular formula is C17H14F4N2OS. The molecule has 2 amide bonds. The van der Waals surface area contributed by atoms with Crippen LogP contribution >= 0.6 is 11.8 Å². The number of thioether (sulfide) groups is 1. The van der Waals surface area contributed by atoms with Crippen molar-refractivity contribution < 1.29 is 22.4 Å². The van der Waals surface area contributed by atoms with Gasteiger partial charge in [-0.15, -0.1) is 11.8 Å². The topological polar surface area (TPSA) is 32.3 Å². The van der Waals surface area contributed by atoms with Gasteiger partial charge < -0.3 is 10.2 Å². The lowest BCUT2D eigenvalue weighted by atomic mass is 10.1. The second kappa shape index (κ2) is 6.95. The Balaban J connectivity index is 1.80. The summed E-state index contributed by atoms with van der Waals surface area (Å²) in [6.45, 7) is 0.396. The van der Waals surface area contributed by atoms with Gasteiger partial charge in [-0.25, -0.2) is 9.18 Å². The molecule has 0 bridgehead atoms. The van der Waals surface area contributed by atoms with E-state index in [0.29, 0.717) is 12.3 Å². The zero-order chi connectivity index (χ0) is 18.0. The molecule has 1 fully saturated rings. The van der Waals surface area contributed by atoms with Gasteiger partial charge in [0.1, 0.15) is 11.2 Å². The van der Waals surface area contributed by atoms with Crippen molar-refractivity contribution in [2.75, 3.05) is 17.6 Å². The van der Waals surface area contributed by atoms with Crippen LogP contribution in [0, 0.1) is 5.82 Å². The highest BCUT2D eigenvalue weighted by atomic mass is 32.2. The molecule has 1 aliphatic heterocycles. The van der Waals surface area contributed by atoms with E-state index in [1.807, 2.05) is 0 Å². The molecule has 8 heteroatoms. The largest absolute Gasteiger partial charge is 0.418 e. The van der Waals surface area contributed by atoms with E-state index in [4.69, 9.17) is 0 Å². The highest BCUT2D eigenvalue weighted by molar-refractivity contribution is 7.99. The Morgan fingerprint density at radius 3 is 2.48 bits per heavy atom. The Morgan fingerprint density at radius 1 is 1.12 bits per heavy atom. The fourth-order valence-corrected chi connectivity index (χ4v) is 3.86. The van der Waals surface area contributed by atoms with Gasteiger partial charge in [-0.3, -0.25) is 0 Å². The van der Waals surface area contributed by atoms with Crippen LogP contribution in [-0.2, 0) is 6.18 Å². The standard InChI is InChI=1S/C17H14F4N2OS/c18-12-7-5-11(6-8-12)15-23(9-10-25-15)16(24)22-14-4-2-1-3-13(14)17(19,20)21/h1-8,15H,9-10H2,(H,22,24)/t15-/m1/s1. The summed E-state index contributed by atoms with van der Waals surface area (Å²) in [7, 11) is 0. The van der Waals surface area contributed by atoms with Gasteiger partial charge in [0.15, 0.2) is 0 Å². The molecule has 2 aromatic carbocycles. The number of benzene rings is 2. The lowest BCUT2D eigenvalue weighted by Gasteiger charge is -2.25. The number of hydrogen-bond donors (Lipinski definition) is 1. The summed E-state index contributed by atoms with van der Waals surface area (Å²) in [5, 5.41) is 1.99. The van der Waals surface area contributed by atoms with Crippen molar-refractivity contribution in [2.45, 2.75) is 11.6 Å². The smallest absolute Gasteiger partial charge is 0.308 e. The van der Waals surface area contributed by atoms with Crippen LogP contribution in [0.15, 0.2) is 48.5 Å². The number of rotatable bonds is 2. The zero-order valence-corrected chi connectivity index (χ0v) is 13.7. The highest BCUT2D eigenvalue weighted by Crippen LogP contribution is 2.39. The maximum Gasteiger partial charge on any atom is 0.418 e. The van der Waals surface area contributed by atoms with Crippen LogP contribution in [0.4, 0.5) is 28.0 Å². The minimum atomic E-state index is -4.56. The second-order valence-electron chi connectivity index (χ2n) is 5.44. The summed E-state index contributed by atoms with van der Waals surface area (Å²) >= 11 is 1.48. The van der Waals surface area contributed by atoms with Crippen LogP contribution in [0.1, 0.15) is 16.5 Å². The number of para-hydroxylation sites is 1. The molecule has 0 aromatic heterocycles. The Bertz CT molecular complexity index is 764. The number of anilines is 1. The van der Waals surface area contributed by atoms with Crippen molar-refractivity contribution in [3.8, 4) is 0 Å². The fraction of sp³-hybridized carbons (Fsp3) is 0.235. The van der Waals surface area contributed by atoms with E-state index in [2.05, 4.69) is 5.32 Å². The Hall–Kier alpha value is -2.22. The third-order valence-electron chi connectivity index (χ3n) is 3.78. The van der Waals surface area contributed by atoms with Crippen molar-refractivity contribution in [2.24, 2.45) is 0 Å². The molecule has 0 saturated carbocycles. The number of nitrogens with zero attached hydrogens (tertiary/aromatic N) is 1. The third-order valence-corrected chi connectivity index (χ3v) is 5.04. The van der Waals surface area contributed by atoms with Crippen LogP contribution in [0.3, 0.4) is 0 Å². The number of carbonyl (C=O) groups is 1. The van der Waals surface area contributed by atoms with Gasteiger partial charge in [0.2, 0.25) is 0 Å². The van der Waals surface area contributed by atoms with Gasteiger partial charge in [-0.1, -0.05) is 24.3 Å². The van der Waals surface area contributed by atoms with Gasteiger partial charge in [0.05, 0.1) is 11.3 Å². The van der Waals surface area contributed by atoms with Crippen LogP contribution in [0.5, 0.6) is 0 Å². The van der Waals surface area contributed by atoms with Crippen LogP contribution < -0.4 is 5.32 Å². The predicted octanol–water partition coefficient (Wildman–Crippen LogP) is 5.12. The molecule has 3 rings (SSSR count). The summed E-state index contributed by atoms with van der Waals surface area (Å²) < 4.78 is 52.2. The Kier molecular flexibility index (Phi) is 4.89. The first-order valence-electron chi connectivity index (χ1n) is 7.47. The molecule has 1 saturated heterocycles. The number of nitrogens with one attached hydrogen (secondary N) is 1. The average molecular weight is 370 g/mol. The van der Waals surface area contributed by atoms with E-state index in [9.17, 15) is 22.4 Å². The molecule has 1 aliphatic rings. The molecule has 1 heterocycles. The molecule has 1 N–H and O–H groups in total. The van der Waals surface area contributed by atoms with Gasteiger partial charge >= 0.3 is 12.2 Å². The molecule has 132 valence electrons. The minimum absolute atomic E-state index is 0.283. The van der Waals surface area contributed by atoms with Crippen molar-refractivity contribution >= 4 is 23.5 Å². The molecular weight excluding hydrogens is 356 g/mol. The van der Waals surface area contributed by atoms with E-state index in [1.54, 1.807) is 12.1 Å². The first kappa shape index (κ1) is 17.6. The van der Waals surface area contributed by atoms with Crippen LogP contribution in [0.25, 0.3) is 0 Å². The number of halogens is 4. The molecule has 0 radical (unpaired) electrons. The fourth-order valence-electron chi connectivity index (χ4n) is 2.61. The SMILES string of the molecule is O=C(Nc1ccccc1C(F)(F)F)N1CCS[C@@H]1c1ccc(F)cc1. The summed E-state index contributed by atoms with van der Waals surface area (Å²) in [6.07, 6.45) is -4.56. The third kappa shape index (κ3) is 3.89. The molecule has 0 unspecified atom stereocenters. The molecule has 25 heavy (non-hydrogen) atoms. The monoisotopic (exact) mass is 370 g/mol. The molecule has 3 nitrogen and oxygen atoms in total. The number of urea groups is 1. The minimum Gasteiger partial charge on any atom is -0.308 e. The highest BCUT2D eigenvalue weighted by Gasteiger charge is 2.35. The first-order valence-corrected chi connectivity index (χ1v) is 8.52. The van der Waals surface area contributed by atoms with Crippen molar-refractivity contribution in [1.82, 2.24) is 4.90 Å². The lowest BCUT2D eigenvalue weighted by Crippen LogP contribution is -2.34. The molecule has 2 aromatic rings. The lowest BCUT2D eigenvalue weighted by molar-refractivity contribution is -0.136. The molecule has 1 atom stereocenters. The van der Waals surface area contributed by atoms with Crippen molar-refractivity contribution in [1.29, 1.82) is 0 Å².